The standard InChI is InChI=1S/C6H8O4/c1-9-6(8)5-4(7)2-3-10-5/h5H,2-3H2,1H3/t5-/m1/s1. The number of hydrogen-bond acceptors (Lipinski definition) is 4. The van der Waals surface area contributed by atoms with Gasteiger partial charge in [0, 0.05) is 6.42 Å². The Kier molecular flexibility index (Phi) is 2.01. The average molecular weight is 144 g/mol. The van der Waals surface area contributed by atoms with Crippen LogP contribution in [0.2, 0.25) is 0 Å². The Morgan fingerprint density at radius 3 is 2.90 bits per heavy atom. The van der Waals surface area contributed by atoms with Gasteiger partial charge in [0.2, 0.25) is 6.10 Å². The number of ether oxygens (including phenoxy) is 2. The Hall–Kier alpha value is -0.900. The summed E-state index contributed by atoms with van der Waals surface area (Å²) in [5, 5.41) is 0. The highest BCUT2D eigenvalue weighted by Crippen LogP contribution is 2.08. The second-order valence-electron chi connectivity index (χ2n) is 1.99. The van der Waals surface area contributed by atoms with E-state index in [-0.39, 0.29) is 5.78 Å². The van der Waals surface area contributed by atoms with Gasteiger partial charge in [-0.15, -0.1) is 0 Å². The second-order valence-corrected chi connectivity index (χ2v) is 1.99. The quantitative estimate of drug-likeness (QED) is 0.368. The van der Waals surface area contributed by atoms with Crippen molar-refractivity contribution in [3.05, 3.63) is 0 Å². The van der Waals surface area contributed by atoms with Crippen molar-refractivity contribution in [3.8, 4) is 0 Å². The summed E-state index contributed by atoms with van der Waals surface area (Å²) in [6.45, 7) is 0.332. The molecular weight excluding hydrogens is 136 g/mol. The predicted octanol–water partition coefficient (Wildman–Crippen LogP) is -0.483. The van der Waals surface area contributed by atoms with Crippen molar-refractivity contribution in [2.45, 2.75) is 12.5 Å². The molecule has 0 saturated carbocycles. The first kappa shape index (κ1) is 7.21. The van der Waals surface area contributed by atoms with Crippen LogP contribution in [0.5, 0.6) is 0 Å². The van der Waals surface area contributed by atoms with Crippen molar-refractivity contribution in [2.75, 3.05) is 13.7 Å². The molecule has 0 radical (unpaired) electrons. The van der Waals surface area contributed by atoms with Crippen LogP contribution in [-0.4, -0.2) is 31.6 Å². The minimum atomic E-state index is -0.954. The molecule has 10 heavy (non-hydrogen) atoms. The molecule has 4 heteroatoms. The zero-order valence-electron chi connectivity index (χ0n) is 5.62. The van der Waals surface area contributed by atoms with Gasteiger partial charge < -0.3 is 9.47 Å². The predicted molar refractivity (Wildman–Crippen MR) is 31.4 cm³/mol. The average Bonchev–Trinajstić information content (AvgIpc) is 2.34. The Morgan fingerprint density at radius 2 is 2.50 bits per heavy atom. The molecule has 0 bridgehead atoms. The maximum atomic E-state index is 10.7. The number of carbonyl (C=O) groups excluding carboxylic acids is 2. The number of ketones is 1. The van der Waals surface area contributed by atoms with Crippen molar-refractivity contribution in [1.29, 1.82) is 0 Å². The Morgan fingerprint density at radius 1 is 1.80 bits per heavy atom. The van der Waals surface area contributed by atoms with E-state index >= 15 is 0 Å². The third-order valence-electron chi connectivity index (χ3n) is 1.34. The summed E-state index contributed by atoms with van der Waals surface area (Å²) in [4.78, 5) is 21.4. The number of Topliss-reactive ketones (excluding diaryl/α,β-unsaturated/α-hetero) is 1. The molecule has 1 saturated heterocycles. The molecule has 0 aromatic rings. The highest BCUT2D eigenvalue weighted by molar-refractivity contribution is 6.03. The van der Waals surface area contributed by atoms with Crippen LogP contribution in [0.1, 0.15) is 6.42 Å². The van der Waals surface area contributed by atoms with Gasteiger partial charge in [-0.1, -0.05) is 0 Å². The first-order valence-corrected chi connectivity index (χ1v) is 2.98. The lowest BCUT2D eigenvalue weighted by Crippen LogP contribution is -2.27. The molecule has 1 heterocycles. The maximum Gasteiger partial charge on any atom is 0.342 e. The van der Waals surface area contributed by atoms with E-state index < -0.39 is 12.1 Å². The van der Waals surface area contributed by atoms with Crippen molar-refractivity contribution < 1.29 is 19.1 Å². The van der Waals surface area contributed by atoms with Gasteiger partial charge >= 0.3 is 5.97 Å². The first-order chi connectivity index (χ1) is 4.75. The molecule has 1 atom stereocenters. The van der Waals surface area contributed by atoms with Gasteiger partial charge in [0.15, 0.2) is 5.78 Å². The third-order valence-corrected chi connectivity index (χ3v) is 1.34. The van der Waals surface area contributed by atoms with E-state index in [1.807, 2.05) is 0 Å². The van der Waals surface area contributed by atoms with Gasteiger partial charge in [-0.25, -0.2) is 4.79 Å². The number of carbonyl (C=O) groups is 2. The van der Waals surface area contributed by atoms with E-state index in [0.717, 1.165) is 0 Å². The lowest BCUT2D eigenvalue weighted by Gasteiger charge is -2.03. The molecule has 4 nitrogen and oxygen atoms in total. The minimum Gasteiger partial charge on any atom is -0.467 e. The highest BCUT2D eigenvalue weighted by atomic mass is 16.6. The summed E-state index contributed by atoms with van der Waals surface area (Å²) in [5.74, 6) is -0.783. The van der Waals surface area contributed by atoms with E-state index in [0.29, 0.717) is 13.0 Å². The van der Waals surface area contributed by atoms with Gasteiger partial charge in [0.1, 0.15) is 0 Å². The van der Waals surface area contributed by atoms with Crippen molar-refractivity contribution in [3.63, 3.8) is 0 Å². The fraction of sp³-hybridized carbons (Fsp3) is 0.667. The smallest absolute Gasteiger partial charge is 0.342 e. The van der Waals surface area contributed by atoms with Gasteiger partial charge in [-0.3, -0.25) is 4.79 Å². The van der Waals surface area contributed by atoms with Gasteiger partial charge in [-0.2, -0.15) is 0 Å². The monoisotopic (exact) mass is 144 g/mol. The topological polar surface area (TPSA) is 52.6 Å². The highest BCUT2D eigenvalue weighted by Gasteiger charge is 2.32. The molecule has 1 aliphatic heterocycles. The summed E-state index contributed by atoms with van der Waals surface area (Å²) in [6.07, 6.45) is -0.634. The molecular formula is C6H8O4. The van der Waals surface area contributed by atoms with Gasteiger partial charge in [0.25, 0.3) is 0 Å². The van der Waals surface area contributed by atoms with Crippen LogP contribution in [0.25, 0.3) is 0 Å². The maximum absolute atomic E-state index is 10.7. The fourth-order valence-electron chi connectivity index (χ4n) is 0.808. The molecule has 56 valence electrons. The molecule has 0 amide bonds. The number of methoxy groups -OCH3 is 1. The lowest BCUT2D eigenvalue weighted by atomic mass is 10.2. The molecule has 0 aromatic heterocycles. The largest absolute Gasteiger partial charge is 0.467 e. The number of hydrogen-bond donors (Lipinski definition) is 0. The third kappa shape index (κ3) is 1.16. The second kappa shape index (κ2) is 2.79. The summed E-state index contributed by atoms with van der Waals surface area (Å²) in [7, 11) is 1.23. The number of rotatable bonds is 1. The summed E-state index contributed by atoms with van der Waals surface area (Å²) in [6, 6.07) is 0. The van der Waals surface area contributed by atoms with Crippen LogP contribution in [0.3, 0.4) is 0 Å². The molecule has 1 rings (SSSR count). The minimum absolute atomic E-state index is 0.188. The summed E-state index contributed by atoms with van der Waals surface area (Å²) < 4.78 is 9.11. The van der Waals surface area contributed by atoms with E-state index in [2.05, 4.69) is 4.74 Å². The Labute approximate surface area is 58.1 Å². The molecule has 1 aliphatic rings. The van der Waals surface area contributed by atoms with E-state index in [1.165, 1.54) is 7.11 Å². The van der Waals surface area contributed by atoms with Crippen LogP contribution in [0, 0.1) is 0 Å². The molecule has 1 fully saturated rings. The molecule has 0 aliphatic carbocycles. The zero-order chi connectivity index (χ0) is 7.56. The molecule has 0 unspecified atom stereocenters. The number of esters is 1. The molecule has 0 aromatic carbocycles. The first-order valence-electron chi connectivity index (χ1n) is 2.98. The summed E-state index contributed by atoms with van der Waals surface area (Å²) in [5.41, 5.74) is 0. The van der Waals surface area contributed by atoms with Crippen LogP contribution in [0.15, 0.2) is 0 Å². The van der Waals surface area contributed by atoms with Crippen LogP contribution in [0.4, 0.5) is 0 Å². The Bertz CT molecular complexity index is 163. The Balaban J connectivity index is 2.55. The SMILES string of the molecule is COC(=O)[C@@H]1OCCC1=O. The van der Waals surface area contributed by atoms with Crippen LogP contribution >= 0.6 is 0 Å². The van der Waals surface area contributed by atoms with E-state index in [1.54, 1.807) is 0 Å². The normalized spacial score (nSPS) is 24.9. The van der Waals surface area contributed by atoms with Crippen LogP contribution in [-0.2, 0) is 19.1 Å². The van der Waals surface area contributed by atoms with E-state index in [4.69, 9.17) is 4.74 Å². The summed E-state index contributed by atoms with van der Waals surface area (Å²) >= 11 is 0. The molecule has 0 N–H and O–H groups in total. The van der Waals surface area contributed by atoms with Gasteiger partial charge in [-0.05, 0) is 0 Å². The van der Waals surface area contributed by atoms with Crippen LogP contribution < -0.4 is 0 Å². The van der Waals surface area contributed by atoms with E-state index in [9.17, 15) is 9.59 Å². The lowest BCUT2D eigenvalue weighted by molar-refractivity contribution is -0.154. The zero-order valence-corrected chi connectivity index (χ0v) is 5.62. The van der Waals surface area contributed by atoms with Crippen molar-refractivity contribution >= 4 is 11.8 Å². The van der Waals surface area contributed by atoms with Crippen molar-refractivity contribution in [2.24, 2.45) is 0 Å². The molecule has 0 spiro atoms. The van der Waals surface area contributed by atoms with Crippen molar-refractivity contribution in [1.82, 2.24) is 0 Å². The van der Waals surface area contributed by atoms with Gasteiger partial charge in [0.05, 0.1) is 13.7 Å². The fourth-order valence-corrected chi connectivity index (χ4v) is 0.808.